The van der Waals surface area contributed by atoms with Crippen molar-refractivity contribution in [2.45, 2.75) is 6.85 Å². The fourth-order valence-corrected chi connectivity index (χ4v) is 1.26. The molecule has 64 valence electrons. The van der Waals surface area contributed by atoms with E-state index in [1.807, 2.05) is 30.3 Å². The Morgan fingerprint density at radius 2 is 1.92 bits per heavy atom. The van der Waals surface area contributed by atoms with Crippen molar-refractivity contribution in [2.75, 3.05) is 0 Å². The van der Waals surface area contributed by atoms with Gasteiger partial charge in [0.2, 0.25) is 0 Å². The quantitative estimate of drug-likeness (QED) is 0.644. The van der Waals surface area contributed by atoms with Crippen LogP contribution in [0.15, 0.2) is 48.7 Å². The second-order valence-electron chi connectivity index (χ2n) is 2.77. The molecule has 1 aromatic heterocycles. The van der Waals surface area contributed by atoms with E-state index in [1.165, 1.54) is 6.20 Å². The molecular weight excluding hydrogens is 158 g/mol. The Morgan fingerprint density at radius 3 is 2.69 bits per heavy atom. The molecule has 0 atom stereocenters. The molecule has 2 rings (SSSR count). The van der Waals surface area contributed by atoms with E-state index in [1.54, 1.807) is 12.1 Å². The lowest BCUT2D eigenvalue weighted by Gasteiger charge is -2.03. The van der Waals surface area contributed by atoms with Crippen molar-refractivity contribution < 1.29 is 4.11 Å². The molecule has 0 saturated carbocycles. The molecule has 0 radical (unpaired) electrons. The van der Waals surface area contributed by atoms with Gasteiger partial charge in [-0.1, -0.05) is 36.4 Å². The van der Waals surface area contributed by atoms with Crippen LogP contribution in [0.4, 0.5) is 0 Å². The molecule has 2 aromatic rings. The first-order valence-corrected chi connectivity index (χ1v) is 4.10. The monoisotopic (exact) mass is 172 g/mol. The summed E-state index contributed by atoms with van der Waals surface area (Å²) >= 11 is 0. The fourth-order valence-electron chi connectivity index (χ4n) is 1.26. The molecular formula is C12H11N. The fraction of sp³-hybridized carbons (Fsp3) is 0.0833. The summed E-state index contributed by atoms with van der Waals surface area (Å²) in [6, 6.07) is 13.0. The zero-order valence-corrected chi connectivity index (χ0v) is 7.07. The Hall–Kier alpha value is -1.63. The van der Waals surface area contributed by atoms with Crippen molar-refractivity contribution in [2.24, 2.45) is 0 Å². The van der Waals surface area contributed by atoms with Gasteiger partial charge in [0.15, 0.2) is 0 Å². The summed E-state index contributed by atoms with van der Waals surface area (Å²) in [7, 11) is 0. The lowest BCUT2D eigenvalue weighted by Crippen LogP contribution is -1.85. The molecule has 1 heterocycles. The highest BCUT2D eigenvalue weighted by atomic mass is 14.7. The standard InChI is InChI=1S/C12H11N/c1-10-12(8-5-9-13-10)11-6-3-2-4-7-11/h2-9H,1H3/i1D3. The Labute approximate surface area is 82.3 Å². The van der Waals surface area contributed by atoms with Gasteiger partial charge < -0.3 is 0 Å². The lowest BCUT2D eigenvalue weighted by molar-refractivity contribution is 1.20. The molecule has 0 aliphatic heterocycles. The van der Waals surface area contributed by atoms with E-state index >= 15 is 0 Å². The van der Waals surface area contributed by atoms with Gasteiger partial charge in [-0.15, -0.1) is 0 Å². The van der Waals surface area contributed by atoms with Gasteiger partial charge in [0.25, 0.3) is 0 Å². The van der Waals surface area contributed by atoms with Crippen LogP contribution in [0.1, 0.15) is 9.81 Å². The summed E-state index contributed by atoms with van der Waals surface area (Å²) in [4.78, 5) is 3.96. The van der Waals surface area contributed by atoms with E-state index in [9.17, 15) is 0 Å². The number of hydrogen-bond donors (Lipinski definition) is 0. The van der Waals surface area contributed by atoms with E-state index in [2.05, 4.69) is 4.98 Å². The largest absolute Gasteiger partial charge is 0.261 e. The first-order valence-electron chi connectivity index (χ1n) is 5.60. The molecule has 0 amide bonds. The number of aryl methyl sites for hydroxylation is 1. The molecule has 0 bridgehead atoms. The highest BCUT2D eigenvalue weighted by Crippen LogP contribution is 2.20. The molecule has 0 unspecified atom stereocenters. The molecule has 1 aromatic carbocycles. The first kappa shape index (κ1) is 5.18. The van der Waals surface area contributed by atoms with Gasteiger partial charge in [-0.25, -0.2) is 0 Å². The summed E-state index contributed by atoms with van der Waals surface area (Å²) in [5.74, 6) is 0. The van der Waals surface area contributed by atoms with Crippen molar-refractivity contribution in [1.82, 2.24) is 4.98 Å². The van der Waals surface area contributed by atoms with E-state index in [0.29, 0.717) is 5.56 Å². The molecule has 1 nitrogen and oxygen atoms in total. The lowest BCUT2D eigenvalue weighted by atomic mass is 10.1. The minimum atomic E-state index is -2.17. The number of hydrogen-bond acceptors (Lipinski definition) is 1. The van der Waals surface area contributed by atoms with Gasteiger partial charge in [0.05, 0.1) is 0 Å². The Balaban J connectivity index is 2.58. The van der Waals surface area contributed by atoms with Crippen molar-refractivity contribution in [3.05, 3.63) is 54.4 Å². The number of benzene rings is 1. The third-order valence-corrected chi connectivity index (χ3v) is 1.89. The summed E-state index contributed by atoms with van der Waals surface area (Å²) in [5, 5.41) is 0. The minimum Gasteiger partial charge on any atom is -0.261 e. The minimum absolute atomic E-state index is 0.154. The zero-order valence-electron chi connectivity index (χ0n) is 10.1. The Morgan fingerprint density at radius 1 is 1.08 bits per heavy atom. The summed E-state index contributed by atoms with van der Waals surface area (Å²) in [5.41, 5.74) is 1.70. The normalized spacial score (nSPS) is 14.3. The second-order valence-corrected chi connectivity index (χ2v) is 2.77. The van der Waals surface area contributed by atoms with Crippen molar-refractivity contribution >= 4 is 0 Å². The first-order chi connectivity index (χ1) is 7.59. The molecule has 13 heavy (non-hydrogen) atoms. The van der Waals surface area contributed by atoms with Crippen LogP contribution in [0.3, 0.4) is 0 Å². The average molecular weight is 172 g/mol. The van der Waals surface area contributed by atoms with E-state index in [0.717, 1.165) is 5.56 Å². The molecule has 0 fully saturated rings. The third-order valence-electron chi connectivity index (χ3n) is 1.89. The predicted octanol–water partition coefficient (Wildman–Crippen LogP) is 3.06. The highest BCUT2D eigenvalue weighted by Gasteiger charge is 1.99. The Kier molecular flexibility index (Phi) is 1.35. The van der Waals surface area contributed by atoms with E-state index in [-0.39, 0.29) is 5.69 Å². The van der Waals surface area contributed by atoms with Gasteiger partial charge >= 0.3 is 0 Å². The van der Waals surface area contributed by atoms with Crippen LogP contribution in [0, 0.1) is 6.85 Å². The molecule has 0 aliphatic rings. The van der Waals surface area contributed by atoms with Crippen molar-refractivity contribution in [3.8, 4) is 11.1 Å². The summed E-state index contributed by atoms with van der Waals surface area (Å²) < 4.78 is 22.3. The van der Waals surface area contributed by atoms with Crippen LogP contribution in [0.5, 0.6) is 0 Å². The van der Waals surface area contributed by atoms with Crippen LogP contribution < -0.4 is 0 Å². The highest BCUT2D eigenvalue weighted by molar-refractivity contribution is 5.65. The summed E-state index contributed by atoms with van der Waals surface area (Å²) in [6.07, 6.45) is 1.51. The molecule has 0 aliphatic carbocycles. The van der Waals surface area contributed by atoms with Crippen molar-refractivity contribution in [3.63, 3.8) is 0 Å². The average Bonchev–Trinajstić information content (AvgIpc) is 2.29. The molecule has 1 heteroatoms. The van der Waals surface area contributed by atoms with E-state index in [4.69, 9.17) is 4.11 Å². The van der Waals surface area contributed by atoms with Gasteiger partial charge in [0, 0.05) is 21.6 Å². The number of pyridine rings is 1. The maximum Gasteiger partial charge on any atom is 0.0450 e. The number of aromatic nitrogens is 1. The van der Waals surface area contributed by atoms with Gasteiger partial charge in [-0.05, 0) is 18.5 Å². The van der Waals surface area contributed by atoms with Crippen LogP contribution in [0.25, 0.3) is 11.1 Å². The number of nitrogens with zero attached hydrogens (tertiary/aromatic N) is 1. The second kappa shape index (κ2) is 3.40. The van der Waals surface area contributed by atoms with Crippen LogP contribution >= 0.6 is 0 Å². The topological polar surface area (TPSA) is 12.9 Å². The zero-order chi connectivity index (χ0) is 11.6. The van der Waals surface area contributed by atoms with Gasteiger partial charge in [0.1, 0.15) is 0 Å². The smallest absolute Gasteiger partial charge is 0.0450 e. The molecule has 0 N–H and O–H groups in total. The van der Waals surface area contributed by atoms with Crippen LogP contribution in [-0.4, -0.2) is 4.98 Å². The third kappa shape index (κ3) is 1.59. The van der Waals surface area contributed by atoms with Crippen LogP contribution in [0.2, 0.25) is 0 Å². The van der Waals surface area contributed by atoms with Crippen LogP contribution in [-0.2, 0) is 0 Å². The van der Waals surface area contributed by atoms with Gasteiger partial charge in [-0.2, -0.15) is 0 Å². The predicted molar refractivity (Wildman–Crippen MR) is 54.4 cm³/mol. The van der Waals surface area contributed by atoms with Crippen molar-refractivity contribution in [1.29, 1.82) is 0 Å². The summed E-state index contributed by atoms with van der Waals surface area (Å²) in [6.45, 7) is -2.17. The molecule has 0 saturated heterocycles. The van der Waals surface area contributed by atoms with Gasteiger partial charge in [-0.3, -0.25) is 4.98 Å². The maximum atomic E-state index is 7.43. The molecule has 0 spiro atoms. The van der Waals surface area contributed by atoms with E-state index < -0.39 is 6.85 Å². The maximum absolute atomic E-state index is 7.43. The SMILES string of the molecule is [2H]C([2H])([2H])c1ncccc1-c1ccccc1. The Bertz CT molecular complexity index is 477. The number of rotatable bonds is 1.